The second kappa shape index (κ2) is 11.3. The van der Waals surface area contributed by atoms with Gasteiger partial charge in [0.25, 0.3) is 0 Å². The van der Waals surface area contributed by atoms with E-state index in [0.717, 1.165) is 40.4 Å². The molecule has 38 heavy (non-hydrogen) atoms. The minimum Gasteiger partial charge on any atom is -0.481 e. The van der Waals surface area contributed by atoms with Crippen LogP contribution in [0.2, 0.25) is 0 Å². The summed E-state index contributed by atoms with van der Waals surface area (Å²) in [5, 5.41) is 18.9. The van der Waals surface area contributed by atoms with Crippen LogP contribution in [-0.4, -0.2) is 22.2 Å². The van der Waals surface area contributed by atoms with E-state index < -0.39 is 17.9 Å². The van der Waals surface area contributed by atoms with Gasteiger partial charge in [0.15, 0.2) is 0 Å². The maximum atomic E-state index is 11.7. The van der Waals surface area contributed by atoms with E-state index in [9.17, 15) is 19.8 Å². The Labute approximate surface area is 241 Å². The quantitative estimate of drug-likeness (QED) is 0.168. The van der Waals surface area contributed by atoms with Gasteiger partial charge in [0.1, 0.15) is 0 Å². The molecule has 0 amide bonds. The fourth-order valence-corrected chi connectivity index (χ4v) is 9.83. The number of carboxylic acid groups (broad SMARTS) is 2. The van der Waals surface area contributed by atoms with Crippen LogP contribution in [0, 0.1) is 19.8 Å². The molecule has 4 nitrogen and oxygen atoms in total. The molecule has 5 aromatic heterocycles. The molecule has 5 aromatic rings. The topological polar surface area (TPSA) is 74.6 Å². The number of rotatable bonds is 10. The zero-order valence-corrected chi connectivity index (χ0v) is 25.2. The average molecular weight is 599 g/mol. The van der Waals surface area contributed by atoms with Crippen molar-refractivity contribution in [2.24, 2.45) is 5.92 Å². The van der Waals surface area contributed by atoms with Crippen molar-refractivity contribution in [1.82, 2.24) is 0 Å². The average Bonchev–Trinajstić information content (AvgIpc) is 3.67. The Bertz CT molecular complexity index is 1610. The molecular formula is C29H26O4S5. The van der Waals surface area contributed by atoms with Gasteiger partial charge in [-0.3, -0.25) is 9.59 Å². The molecule has 1 atom stereocenters. The van der Waals surface area contributed by atoms with Crippen molar-refractivity contribution in [3.63, 3.8) is 0 Å². The number of aryl methyl sites for hydroxylation is 3. The lowest BCUT2D eigenvalue weighted by atomic mass is 10.0. The SMILES string of the molecule is Cc1ccc(-c2cc(CCC(=O)O)c(-c3ccc(-c4sc(-c5ccc(C)s5)cc4CC(C)C(=O)O)s3)s2)s1. The second-order valence-electron chi connectivity index (χ2n) is 9.25. The maximum Gasteiger partial charge on any atom is 0.306 e. The van der Waals surface area contributed by atoms with Gasteiger partial charge in [0.05, 0.1) is 5.92 Å². The molecule has 9 heteroatoms. The van der Waals surface area contributed by atoms with Crippen LogP contribution >= 0.6 is 56.7 Å². The summed E-state index contributed by atoms with van der Waals surface area (Å²) in [6, 6.07) is 17.0. The van der Waals surface area contributed by atoms with E-state index in [1.165, 1.54) is 19.5 Å². The third-order valence-corrected chi connectivity index (χ3v) is 12.4. The lowest BCUT2D eigenvalue weighted by Crippen LogP contribution is -2.12. The van der Waals surface area contributed by atoms with E-state index in [4.69, 9.17) is 0 Å². The molecule has 0 aromatic carbocycles. The minimum absolute atomic E-state index is 0.0939. The highest BCUT2D eigenvalue weighted by Crippen LogP contribution is 2.48. The van der Waals surface area contributed by atoms with Crippen molar-refractivity contribution < 1.29 is 19.8 Å². The first-order chi connectivity index (χ1) is 18.2. The molecule has 5 heterocycles. The first kappa shape index (κ1) is 27.0. The first-order valence-corrected chi connectivity index (χ1v) is 16.2. The van der Waals surface area contributed by atoms with E-state index in [0.29, 0.717) is 12.8 Å². The maximum absolute atomic E-state index is 11.7. The lowest BCUT2D eigenvalue weighted by Gasteiger charge is -2.06. The number of carboxylic acids is 2. The highest BCUT2D eigenvalue weighted by Gasteiger charge is 2.22. The van der Waals surface area contributed by atoms with Gasteiger partial charge in [-0.25, -0.2) is 0 Å². The number of carbonyl (C=O) groups is 2. The molecule has 5 rings (SSSR count). The van der Waals surface area contributed by atoms with Crippen molar-refractivity contribution in [3.8, 4) is 39.0 Å². The van der Waals surface area contributed by atoms with E-state index in [2.05, 4.69) is 62.4 Å². The largest absolute Gasteiger partial charge is 0.481 e. The Morgan fingerprint density at radius 2 is 1.18 bits per heavy atom. The van der Waals surface area contributed by atoms with Crippen LogP contribution in [0.15, 0.2) is 48.5 Å². The summed E-state index contributed by atoms with van der Waals surface area (Å²) in [6.45, 7) is 5.94. The van der Waals surface area contributed by atoms with Crippen LogP contribution in [-0.2, 0) is 22.4 Å². The standard InChI is InChI=1S/C29H26O4S5/c1-15(29(32)33)12-19-14-25(21-8-5-17(3)35-21)38-28(19)23-10-9-22(36-23)27-18(6-11-26(30)31)13-24(37-27)20-7-4-16(2)34-20/h4-5,7-10,13-15H,6,11-12H2,1-3H3,(H,30,31)(H,32,33). The monoisotopic (exact) mass is 598 g/mol. The van der Waals surface area contributed by atoms with E-state index in [-0.39, 0.29) is 6.42 Å². The van der Waals surface area contributed by atoms with Crippen molar-refractivity contribution in [3.05, 3.63) is 69.4 Å². The third kappa shape index (κ3) is 5.87. The van der Waals surface area contributed by atoms with Crippen LogP contribution in [0.4, 0.5) is 0 Å². The highest BCUT2D eigenvalue weighted by molar-refractivity contribution is 7.29. The summed E-state index contributed by atoms with van der Waals surface area (Å²) in [5.74, 6) is -2.06. The molecule has 196 valence electrons. The first-order valence-electron chi connectivity index (χ1n) is 12.1. The van der Waals surface area contributed by atoms with Crippen molar-refractivity contribution >= 4 is 68.6 Å². The smallest absolute Gasteiger partial charge is 0.306 e. The molecule has 0 bridgehead atoms. The van der Waals surface area contributed by atoms with E-state index in [1.54, 1.807) is 63.6 Å². The molecule has 0 aliphatic heterocycles. The van der Waals surface area contributed by atoms with Crippen molar-refractivity contribution in [2.45, 2.75) is 40.0 Å². The van der Waals surface area contributed by atoms with Crippen molar-refractivity contribution in [2.75, 3.05) is 0 Å². The summed E-state index contributed by atoms with van der Waals surface area (Å²) in [4.78, 5) is 34.7. The van der Waals surface area contributed by atoms with E-state index in [1.807, 2.05) is 0 Å². The molecule has 2 N–H and O–H groups in total. The Kier molecular flexibility index (Phi) is 8.02. The Balaban J connectivity index is 1.54. The number of hydrogen-bond acceptors (Lipinski definition) is 7. The summed E-state index contributed by atoms with van der Waals surface area (Å²) < 4.78 is 0. The van der Waals surface area contributed by atoms with Gasteiger partial charge in [-0.05, 0) is 86.3 Å². The van der Waals surface area contributed by atoms with Gasteiger partial charge in [0, 0.05) is 55.2 Å². The minimum atomic E-state index is -0.797. The van der Waals surface area contributed by atoms with Gasteiger partial charge in [-0.15, -0.1) is 56.7 Å². The molecule has 0 fully saturated rings. The fourth-order valence-electron chi connectivity index (χ4n) is 4.23. The summed E-state index contributed by atoms with van der Waals surface area (Å²) in [5.41, 5.74) is 2.12. The highest BCUT2D eigenvalue weighted by atomic mass is 32.1. The van der Waals surface area contributed by atoms with Crippen LogP contribution in [0.1, 0.15) is 34.2 Å². The van der Waals surface area contributed by atoms with Crippen LogP contribution in [0.5, 0.6) is 0 Å². The summed E-state index contributed by atoms with van der Waals surface area (Å²) in [6.07, 6.45) is 1.06. The lowest BCUT2D eigenvalue weighted by molar-refractivity contribution is -0.141. The normalized spacial score (nSPS) is 12.2. The Morgan fingerprint density at radius 1 is 0.684 bits per heavy atom. The van der Waals surface area contributed by atoms with Gasteiger partial charge in [-0.2, -0.15) is 0 Å². The summed E-state index contributed by atoms with van der Waals surface area (Å²) in [7, 11) is 0. The molecule has 0 saturated carbocycles. The molecule has 0 aliphatic rings. The van der Waals surface area contributed by atoms with Gasteiger partial charge in [0.2, 0.25) is 0 Å². The zero-order chi connectivity index (χ0) is 27.0. The van der Waals surface area contributed by atoms with Gasteiger partial charge < -0.3 is 10.2 Å². The Hall–Kier alpha value is -2.56. The van der Waals surface area contributed by atoms with Gasteiger partial charge in [-0.1, -0.05) is 6.92 Å². The molecule has 0 aliphatic carbocycles. The van der Waals surface area contributed by atoms with Crippen LogP contribution in [0.3, 0.4) is 0 Å². The number of thiophene rings is 5. The second-order valence-corrected chi connectivity index (χ2v) is 15.0. The molecule has 0 radical (unpaired) electrons. The Morgan fingerprint density at radius 3 is 1.66 bits per heavy atom. The zero-order valence-electron chi connectivity index (χ0n) is 21.1. The predicted octanol–water partition coefficient (Wildman–Crippen LogP) is 9.56. The van der Waals surface area contributed by atoms with Crippen LogP contribution < -0.4 is 0 Å². The third-order valence-electron chi connectivity index (χ3n) is 6.19. The number of hydrogen-bond donors (Lipinski definition) is 2. The molecular weight excluding hydrogens is 573 g/mol. The number of aliphatic carboxylic acids is 2. The van der Waals surface area contributed by atoms with E-state index >= 15 is 0 Å². The van der Waals surface area contributed by atoms with Crippen LogP contribution in [0.25, 0.3) is 39.0 Å². The van der Waals surface area contributed by atoms with Crippen molar-refractivity contribution in [1.29, 1.82) is 0 Å². The molecule has 0 saturated heterocycles. The predicted molar refractivity (Wildman–Crippen MR) is 164 cm³/mol. The van der Waals surface area contributed by atoms with Gasteiger partial charge >= 0.3 is 11.9 Å². The summed E-state index contributed by atoms with van der Waals surface area (Å²) >= 11 is 8.63. The molecule has 0 spiro atoms. The molecule has 1 unspecified atom stereocenters. The fraction of sp³-hybridized carbons (Fsp3) is 0.241.